The second-order valence-electron chi connectivity index (χ2n) is 7.89. The van der Waals surface area contributed by atoms with E-state index in [4.69, 9.17) is 4.74 Å². The zero-order valence-corrected chi connectivity index (χ0v) is 17.9. The number of ether oxygens (including phenoxy) is 2. The molecule has 0 amide bonds. The fourth-order valence-corrected chi connectivity index (χ4v) is 4.23. The Labute approximate surface area is 188 Å². The first kappa shape index (κ1) is 22.5. The maximum atomic E-state index is 12.8. The van der Waals surface area contributed by atoms with Gasteiger partial charge in [0.2, 0.25) is 0 Å². The van der Waals surface area contributed by atoms with Crippen molar-refractivity contribution in [2.45, 2.75) is 31.7 Å². The Morgan fingerprint density at radius 2 is 1.73 bits per heavy atom. The molecule has 172 valence electrons. The lowest BCUT2D eigenvalue weighted by Crippen LogP contribution is -2.30. The van der Waals surface area contributed by atoms with Crippen LogP contribution in [0.2, 0.25) is 0 Å². The molecule has 1 atom stereocenters. The van der Waals surface area contributed by atoms with Gasteiger partial charge in [0.15, 0.2) is 0 Å². The van der Waals surface area contributed by atoms with Crippen molar-refractivity contribution < 1.29 is 22.6 Å². The number of aryl methyl sites for hydroxylation is 1. The van der Waals surface area contributed by atoms with Gasteiger partial charge < -0.3 is 18.9 Å². The maximum absolute atomic E-state index is 12.8. The number of hydrogen-bond acceptors (Lipinski definition) is 5. The minimum Gasteiger partial charge on any atom is -0.490 e. The Kier molecular flexibility index (Phi) is 6.18. The number of rotatable bonds is 4. The Morgan fingerprint density at radius 3 is 2.42 bits per heavy atom. The first-order chi connectivity index (χ1) is 15.8. The van der Waals surface area contributed by atoms with Crippen LogP contribution in [0.1, 0.15) is 24.8 Å². The molecule has 1 aromatic heterocycles. The van der Waals surface area contributed by atoms with Crippen molar-refractivity contribution in [2.24, 2.45) is 7.05 Å². The van der Waals surface area contributed by atoms with Crippen LogP contribution in [0, 0.1) is 11.3 Å². The summed E-state index contributed by atoms with van der Waals surface area (Å²) in [5.41, 5.74) is 1.19. The molecule has 9 heteroatoms. The molecule has 0 N–H and O–H groups in total. The maximum Gasteiger partial charge on any atom is 0.573 e. The molecular formula is C24H22F3N3O3. The summed E-state index contributed by atoms with van der Waals surface area (Å²) in [7, 11) is 1.66. The molecule has 1 aliphatic heterocycles. The number of nitriles is 1. The number of benzene rings is 2. The molecular weight excluding hydrogens is 435 g/mol. The van der Waals surface area contributed by atoms with Crippen molar-refractivity contribution in [1.82, 2.24) is 4.57 Å². The average molecular weight is 457 g/mol. The van der Waals surface area contributed by atoms with Crippen molar-refractivity contribution in [2.75, 3.05) is 18.0 Å². The van der Waals surface area contributed by atoms with E-state index >= 15 is 0 Å². The van der Waals surface area contributed by atoms with Crippen molar-refractivity contribution in [3.05, 3.63) is 64.4 Å². The van der Waals surface area contributed by atoms with Gasteiger partial charge >= 0.3 is 6.36 Å². The van der Waals surface area contributed by atoms with Gasteiger partial charge in [0, 0.05) is 31.9 Å². The van der Waals surface area contributed by atoms with Crippen LogP contribution < -0.4 is 19.9 Å². The number of pyridine rings is 1. The summed E-state index contributed by atoms with van der Waals surface area (Å²) in [4.78, 5) is 14.9. The third-order valence-electron chi connectivity index (χ3n) is 5.74. The SMILES string of the molecule is Cn1c(=O)c(C#N)c(N2CCC[C@H](Oc3ccc(OC(F)(F)F)cc3)CC2)c2ccccc21. The molecule has 0 aliphatic carbocycles. The largest absolute Gasteiger partial charge is 0.573 e. The molecule has 33 heavy (non-hydrogen) atoms. The van der Waals surface area contributed by atoms with Gasteiger partial charge in [-0.05, 0) is 43.2 Å². The average Bonchev–Trinajstić information content (AvgIpc) is 3.02. The van der Waals surface area contributed by atoms with E-state index in [-0.39, 0.29) is 23.0 Å². The molecule has 2 aromatic carbocycles. The summed E-state index contributed by atoms with van der Waals surface area (Å²) in [6.07, 6.45) is -2.74. The molecule has 0 unspecified atom stereocenters. The van der Waals surface area contributed by atoms with Crippen LogP contribution >= 0.6 is 0 Å². The summed E-state index contributed by atoms with van der Waals surface area (Å²) >= 11 is 0. The Morgan fingerprint density at radius 1 is 1.03 bits per heavy atom. The van der Waals surface area contributed by atoms with E-state index in [9.17, 15) is 23.2 Å². The second kappa shape index (κ2) is 9.06. The van der Waals surface area contributed by atoms with Crippen molar-refractivity contribution >= 4 is 16.6 Å². The van der Waals surface area contributed by atoms with E-state index in [1.165, 1.54) is 28.8 Å². The zero-order valence-electron chi connectivity index (χ0n) is 17.9. The lowest BCUT2D eigenvalue weighted by Gasteiger charge is -2.26. The standard InChI is InChI=1S/C24H22F3N3O3/c1-29-21-7-3-2-6-19(21)22(20(15-28)23(29)31)30-13-4-5-16(12-14-30)32-17-8-10-18(11-9-17)33-24(25,26)27/h2-3,6-11,16H,4-5,12-14H2,1H3/t16-/m0/s1. The summed E-state index contributed by atoms with van der Waals surface area (Å²) in [6.45, 7) is 1.23. The number of halogens is 3. The summed E-state index contributed by atoms with van der Waals surface area (Å²) in [5, 5.41) is 10.6. The number of aromatic nitrogens is 1. The van der Waals surface area contributed by atoms with E-state index in [0.717, 1.165) is 23.7 Å². The van der Waals surface area contributed by atoms with Crippen molar-refractivity contribution in [3.8, 4) is 17.6 Å². The van der Waals surface area contributed by atoms with Crippen LogP contribution in [0.15, 0.2) is 53.3 Å². The highest BCUT2D eigenvalue weighted by atomic mass is 19.4. The molecule has 0 radical (unpaired) electrons. The molecule has 2 heterocycles. The monoisotopic (exact) mass is 457 g/mol. The van der Waals surface area contributed by atoms with Crippen molar-refractivity contribution in [1.29, 1.82) is 5.26 Å². The van der Waals surface area contributed by atoms with E-state index < -0.39 is 6.36 Å². The molecule has 3 aromatic rings. The number of alkyl halides is 3. The lowest BCUT2D eigenvalue weighted by molar-refractivity contribution is -0.274. The predicted molar refractivity (Wildman–Crippen MR) is 118 cm³/mol. The van der Waals surface area contributed by atoms with Crippen LogP contribution in [0.5, 0.6) is 11.5 Å². The lowest BCUT2D eigenvalue weighted by atomic mass is 10.1. The van der Waals surface area contributed by atoms with Gasteiger partial charge in [-0.25, -0.2) is 0 Å². The fraction of sp³-hybridized carbons (Fsp3) is 0.333. The molecule has 1 fully saturated rings. The van der Waals surface area contributed by atoms with Gasteiger partial charge in [-0.15, -0.1) is 13.2 Å². The highest BCUT2D eigenvalue weighted by Gasteiger charge is 2.31. The molecule has 0 bridgehead atoms. The van der Waals surface area contributed by atoms with Crippen LogP contribution in [0.25, 0.3) is 10.9 Å². The van der Waals surface area contributed by atoms with E-state index in [1.807, 2.05) is 24.3 Å². The second-order valence-corrected chi connectivity index (χ2v) is 7.89. The molecule has 1 aliphatic rings. The van der Waals surface area contributed by atoms with Crippen LogP contribution in [-0.4, -0.2) is 30.1 Å². The molecule has 4 rings (SSSR count). The zero-order chi connectivity index (χ0) is 23.6. The van der Waals surface area contributed by atoms with Gasteiger partial charge in [0.25, 0.3) is 5.56 Å². The van der Waals surface area contributed by atoms with Crippen molar-refractivity contribution in [3.63, 3.8) is 0 Å². The third-order valence-corrected chi connectivity index (χ3v) is 5.74. The molecule has 0 saturated carbocycles. The fourth-order valence-electron chi connectivity index (χ4n) is 4.23. The Bertz CT molecular complexity index is 1250. The Hall–Kier alpha value is -3.67. The van der Waals surface area contributed by atoms with E-state index in [1.54, 1.807) is 7.05 Å². The van der Waals surface area contributed by atoms with Crippen LogP contribution in [0.3, 0.4) is 0 Å². The van der Waals surface area contributed by atoms with Gasteiger partial charge in [-0.1, -0.05) is 18.2 Å². The highest BCUT2D eigenvalue weighted by Crippen LogP contribution is 2.31. The quantitative estimate of drug-likeness (QED) is 0.566. The summed E-state index contributed by atoms with van der Waals surface area (Å²) in [6, 6.07) is 14.9. The number of anilines is 1. The third kappa shape index (κ3) is 4.90. The number of nitrogens with zero attached hydrogens (tertiary/aromatic N) is 3. The first-order valence-electron chi connectivity index (χ1n) is 10.6. The van der Waals surface area contributed by atoms with Crippen LogP contribution in [0.4, 0.5) is 18.9 Å². The smallest absolute Gasteiger partial charge is 0.490 e. The first-order valence-corrected chi connectivity index (χ1v) is 10.6. The number of para-hydroxylation sites is 1. The minimum atomic E-state index is -4.74. The van der Waals surface area contributed by atoms with E-state index in [0.29, 0.717) is 30.9 Å². The van der Waals surface area contributed by atoms with E-state index in [2.05, 4.69) is 15.7 Å². The number of hydrogen-bond donors (Lipinski definition) is 0. The summed E-state index contributed by atoms with van der Waals surface area (Å²) in [5.74, 6) is 0.156. The van der Waals surface area contributed by atoms with Gasteiger partial charge in [0.05, 0.1) is 11.2 Å². The Balaban J connectivity index is 1.53. The minimum absolute atomic E-state index is 0.121. The number of fused-ring (bicyclic) bond motifs is 1. The van der Waals surface area contributed by atoms with Gasteiger partial charge in [-0.3, -0.25) is 4.79 Å². The normalized spacial score (nSPS) is 16.8. The highest BCUT2D eigenvalue weighted by molar-refractivity contribution is 5.94. The summed E-state index contributed by atoms with van der Waals surface area (Å²) < 4.78 is 48.4. The predicted octanol–water partition coefficient (Wildman–Crippen LogP) is 4.75. The molecule has 6 nitrogen and oxygen atoms in total. The molecule has 1 saturated heterocycles. The van der Waals surface area contributed by atoms with Crippen LogP contribution in [-0.2, 0) is 7.05 Å². The van der Waals surface area contributed by atoms with Gasteiger partial charge in [0.1, 0.15) is 29.2 Å². The molecule has 0 spiro atoms. The van der Waals surface area contributed by atoms with Gasteiger partial charge in [-0.2, -0.15) is 5.26 Å². The topological polar surface area (TPSA) is 67.5 Å².